The monoisotopic (exact) mass is 556 g/mol. The van der Waals surface area contributed by atoms with Crippen LogP contribution >= 0.6 is 0 Å². The molecule has 5 rings (SSSR count). The molecule has 5 heterocycles. The minimum atomic E-state index is -0.309. The van der Waals surface area contributed by atoms with E-state index >= 15 is 0 Å². The molecule has 0 aromatic carbocycles. The van der Waals surface area contributed by atoms with Gasteiger partial charge in [0.05, 0.1) is 38.8 Å². The van der Waals surface area contributed by atoms with Crippen LogP contribution in [0, 0.1) is 35.0 Å². The molecule has 11 nitrogen and oxygen atoms in total. The number of rotatable bonds is 7. The molecule has 2 fully saturated rings. The Balaban J connectivity index is 1.27. The number of carbonyl (C=O) groups is 1. The van der Waals surface area contributed by atoms with Crippen LogP contribution in [-0.4, -0.2) is 88.1 Å². The number of nitriles is 2. The van der Waals surface area contributed by atoms with Crippen molar-refractivity contribution in [2.45, 2.75) is 39.7 Å². The second kappa shape index (κ2) is 11.7. The van der Waals surface area contributed by atoms with Crippen LogP contribution in [0.1, 0.15) is 44.0 Å². The number of carbonyl (C=O) groups excluding carboxylic acids is 1. The molecule has 2 aliphatic heterocycles. The van der Waals surface area contributed by atoms with Crippen LogP contribution in [0.4, 0.5) is 0 Å². The van der Waals surface area contributed by atoms with Crippen molar-refractivity contribution in [3.05, 3.63) is 47.6 Å². The number of nitrogens with zero attached hydrogens (tertiary/aromatic N) is 8. The highest BCUT2D eigenvalue weighted by Gasteiger charge is 2.30. The zero-order valence-electron chi connectivity index (χ0n) is 24.1. The van der Waals surface area contributed by atoms with Crippen molar-refractivity contribution >= 4 is 11.4 Å². The van der Waals surface area contributed by atoms with E-state index in [0.717, 1.165) is 49.3 Å². The first-order chi connectivity index (χ1) is 19.7. The lowest BCUT2D eigenvalue weighted by Crippen LogP contribution is -2.42. The van der Waals surface area contributed by atoms with Crippen molar-refractivity contribution in [1.82, 2.24) is 29.2 Å². The van der Waals surface area contributed by atoms with Gasteiger partial charge in [-0.1, -0.05) is 19.9 Å². The molecule has 0 radical (unpaired) electrons. The number of methoxy groups -OCH3 is 1. The van der Waals surface area contributed by atoms with Gasteiger partial charge in [0.25, 0.3) is 5.91 Å². The van der Waals surface area contributed by atoms with Crippen molar-refractivity contribution in [3.8, 4) is 29.0 Å². The first-order valence-electron chi connectivity index (χ1n) is 14.0. The van der Waals surface area contributed by atoms with Crippen LogP contribution < -0.4 is 4.74 Å². The van der Waals surface area contributed by atoms with Crippen LogP contribution in [0.15, 0.2) is 36.3 Å². The molecule has 11 heteroatoms. The maximum atomic E-state index is 13.3. The first-order valence-corrected chi connectivity index (χ1v) is 14.0. The SMILES string of the molecule is COc1cc(-c2cnn(C3CCN(C(=O)C(C#N)=CC(C)(C)CN4CCOCC4)CC3)c2C)cn2ncc(C#N)c12. The molecule has 0 aliphatic carbocycles. The number of fused-ring (bicyclic) bond motifs is 1. The summed E-state index contributed by atoms with van der Waals surface area (Å²) >= 11 is 0. The smallest absolute Gasteiger partial charge is 0.264 e. The number of aromatic nitrogens is 4. The van der Waals surface area contributed by atoms with E-state index < -0.39 is 0 Å². The summed E-state index contributed by atoms with van der Waals surface area (Å²) in [7, 11) is 1.58. The van der Waals surface area contributed by atoms with Gasteiger partial charge in [0.15, 0.2) is 0 Å². The number of pyridine rings is 1. The van der Waals surface area contributed by atoms with E-state index in [0.29, 0.717) is 43.1 Å². The van der Waals surface area contributed by atoms with Gasteiger partial charge >= 0.3 is 0 Å². The van der Waals surface area contributed by atoms with Gasteiger partial charge in [0.1, 0.15) is 34.5 Å². The van der Waals surface area contributed by atoms with E-state index in [1.54, 1.807) is 16.5 Å². The third-order valence-corrected chi connectivity index (χ3v) is 7.99. The van der Waals surface area contributed by atoms with Crippen LogP contribution in [0.3, 0.4) is 0 Å². The predicted molar refractivity (Wildman–Crippen MR) is 152 cm³/mol. The van der Waals surface area contributed by atoms with Gasteiger partial charge in [-0.3, -0.25) is 14.4 Å². The molecule has 0 N–H and O–H groups in total. The van der Waals surface area contributed by atoms with Crippen LogP contribution in [0.2, 0.25) is 0 Å². The Labute approximate surface area is 240 Å². The van der Waals surface area contributed by atoms with Crippen LogP contribution in [-0.2, 0) is 9.53 Å². The Kier molecular flexibility index (Phi) is 8.11. The van der Waals surface area contributed by atoms with Crippen molar-refractivity contribution < 1.29 is 14.3 Å². The third-order valence-electron chi connectivity index (χ3n) is 7.99. The predicted octanol–water partition coefficient (Wildman–Crippen LogP) is 3.36. The Morgan fingerprint density at radius 3 is 2.56 bits per heavy atom. The minimum Gasteiger partial charge on any atom is -0.494 e. The van der Waals surface area contributed by atoms with Gasteiger partial charge in [-0.2, -0.15) is 20.7 Å². The maximum Gasteiger partial charge on any atom is 0.264 e. The van der Waals surface area contributed by atoms with Gasteiger partial charge in [-0.25, -0.2) is 4.52 Å². The minimum absolute atomic E-state index is 0.139. The molecule has 41 heavy (non-hydrogen) atoms. The van der Waals surface area contributed by atoms with Crippen molar-refractivity contribution in [2.75, 3.05) is 53.0 Å². The van der Waals surface area contributed by atoms with Gasteiger partial charge in [0, 0.05) is 55.7 Å². The third kappa shape index (κ3) is 5.83. The fourth-order valence-electron chi connectivity index (χ4n) is 5.94. The number of morpholine rings is 1. The van der Waals surface area contributed by atoms with E-state index in [-0.39, 0.29) is 22.9 Å². The normalized spacial score (nSPS) is 17.4. The molecule has 2 aliphatic rings. The fourth-order valence-corrected chi connectivity index (χ4v) is 5.94. The second-order valence-corrected chi connectivity index (χ2v) is 11.4. The highest BCUT2D eigenvalue weighted by Crippen LogP contribution is 2.33. The van der Waals surface area contributed by atoms with Crippen molar-refractivity contribution in [2.24, 2.45) is 5.41 Å². The van der Waals surface area contributed by atoms with Crippen molar-refractivity contribution in [1.29, 1.82) is 10.5 Å². The van der Waals surface area contributed by atoms with Gasteiger partial charge in [-0.05, 0) is 31.2 Å². The van der Waals surface area contributed by atoms with E-state index in [1.807, 2.05) is 36.1 Å². The standard InChI is InChI=1S/C30H36N8O3/c1-21-26(22-13-27(40-4)28-24(16-32)17-33-37(28)19-22)18-34-38(21)25-5-7-36(8-6-25)29(39)23(15-31)14-30(2,3)20-35-9-11-41-12-10-35/h13-14,17-19,25H,5-12,20H2,1-4H3. The lowest BCUT2D eigenvalue weighted by atomic mass is 9.89. The summed E-state index contributed by atoms with van der Waals surface area (Å²) in [5.41, 5.74) is 3.84. The van der Waals surface area contributed by atoms with Crippen LogP contribution in [0.25, 0.3) is 16.6 Å². The lowest BCUT2D eigenvalue weighted by Gasteiger charge is -2.34. The first kappa shape index (κ1) is 28.3. The molecule has 3 aromatic heterocycles. The summed E-state index contributed by atoms with van der Waals surface area (Å²) in [6.45, 7) is 11.2. The molecule has 0 bridgehead atoms. The zero-order valence-corrected chi connectivity index (χ0v) is 24.1. The number of hydrogen-bond acceptors (Lipinski definition) is 8. The molecule has 2 saturated heterocycles. The number of ether oxygens (including phenoxy) is 2. The Bertz CT molecular complexity index is 1540. The zero-order chi connectivity index (χ0) is 29.1. The number of piperidine rings is 1. The Morgan fingerprint density at radius 1 is 1.17 bits per heavy atom. The van der Waals surface area contributed by atoms with E-state index in [9.17, 15) is 15.3 Å². The van der Waals surface area contributed by atoms with Gasteiger partial charge < -0.3 is 14.4 Å². The molecular formula is C30H36N8O3. The molecule has 0 saturated carbocycles. The topological polar surface area (TPSA) is 125 Å². The van der Waals surface area contributed by atoms with Gasteiger partial charge in [0.2, 0.25) is 0 Å². The second-order valence-electron chi connectivity index (χ2n) is 11.4. The van der Waals surface area contributed by atoms with E-state index in [2.05, 4.69) is 36.0 Å². The molecular weight excluding hydrogens is 520 g/mol. The summed E-state index contributed by atoms with van der Waals surface area (Å²) in [6.07, 6.45) is 8.59. The van der Waals surface area contributed by atoms with Gasteiger partial charge in [-0.15, -0.1) is 0 Å². The summed E-state index contributed by atoms with van der Waals surface area (Å²) in [5.74, 6) is 0.375. The number of amides is 1. The average Bonchev–Trinajstić information content (AvgIpc) is 3.58. The Hall–Kier alpha value is -4.19. The fraction of sp³-hybridized carbons (Fsp3) is 0.500. The number of likely N-dealkylation sites (tertiary alicyclic amines) is 1. The summed E-state index contributed by atoms with van der Waals surface area (Å²) in [5, 5.41) is 28.3. The highest BCUT2D eigenvalue weighted by molar-refractivity contribution is 5.97. The van der Waals surface area contributed by atoms with Crippen LogP contribution in [0.5, 0.6) is 5.75 Å². The van der Waals surface area contributed by atoms with E-state index in [1.165, 1.54) is 6.20 Å². The molecule has 0 atom stereocenters. The molecule has 0 spiro atoms. The summed E-state index contributed by atoms with van der Waals surface area (Å²) < 4.78 is 14.7. The van der Waals surface area contributed by atoms with E-state index in [4.69, 9.17) is 14.6 Å². The largest absolute Gasteiger partial charge is 0.494 e. The molecule has 3 aromatic rings. The quantitative estimate of drug-likeness (QED) is 0.321. The molecule has 214 valence electrons. The molecule has 1 amide bonds. The lowest BCUT2D eigenvalue weighted by molar-refractivity contribution is -0.128. The summed E-state index contributed by atoms with van der Waals surface area (Å²) in [4.78, 5) is 17.4. The highest BCUT2D eigenvalue weighted by atomic mass is 16.5. The maximum absolute atomic E-state index is 13.3. The number of hydrogen-bond donors (Lipinski definition) is 0. The van der Waals surface area contributed by atoms with Crippen molar-refractivity contribution in [3.63, 3.8) is 0 Å². The summed E-state index contributed by atoms with van der Waals surface area (Å²) in [6, 6.07) is 6.37. The average molecular weight is 557 g/mol. The molecule has 0 unspecified atom stereocenters. The Morgan fingerprint density at radius 2 is 1.90 bits per heavy atom.